The summed E-state index contributed by atoms with van der Waals surface area (Å²) < 4.78 is 17.0. The number of hydrogen-bond donors (Lipinski definition) is 1. The lowest BCUT2D eigenvalue weighted by Crippen LogP contribution is -2.33. The summed E-state index contributed by atoms with van der Waals surface area (Å²) in [5, 5.41) is 3.02. The van der Waals surface area contributed by atoms with Crippen LogP contribution in [0.4, 0.5) is 0 Å². The minimum atomic E-state index is -0.203. The summed E-state index contributed by atoms with van der Waals surface area (Å²) in [6, 6.07) is 11.6. The van der Waals surface area contributed by atoms with E-state index in [1.165, 1.54) is 19.8 Å². The first-order valence-electron chi connectivity index (χ1n) is 8.34. The molecule has 0 bridgehead atoms. The van der Waals surface area contributed by atoms with Crippen LogP contribution in [0.2, 0.25) is 0 Å². The maximum Gasteiger partial charge on any atom is 0.255 e. The van der Waals surface area contributed by atoms with Crippen LogP contribution >= 0.6 is 15.9 Å². The molecule has 2 aromatic carbocycles. The van der Waals surface area contributed by atoms with Crippen LogP contribution in [0.25, 0.3) is 0 Å². The Morgan fingerprint density at radius 3 is 2.23 bits per heavy atom. The minimum absolute atomic E-state index is 0.0175. The number of benzene rings is 2. The highest BCUT2D eigenvalue weighted by Gasteiger charge is 2.21. The third kappa shape index (κ3) is 4.91. The molecule has 1 N–H and O–H groups in total. The van der Waals surface area contributed by atoms with E-state index >= 15 is 0 Å². The first-order valence-corrected chi connectivity index (χ1v) is 9.13. The van der Waals surface area contributed by atoms with E-state index in [1.807, 2.05) is 19.1 Å². The van der Waals surface area contributed by atoms with Gasteiger partial charge in [-0.2, -0.15) is 0 Å². The van der Waals surface area contributed by atoms with Gasteiger partial charge in [0.15, 0.2) is 11.5 Å². The molecule has 0 heterocycles. The van der Waals surface area contributed by atoms with Gasteiger partial charge in [-0.05, 0) is 49.6 Å². The molecule has 0 saturated heterocycles. The molecular weight excluding hydrogens is 398 g/mol. The average Bonchev–Trinajstić information content (AvgIpc) is 2.65. The van der Waals surface area contributed by atoms with Gasteiger partial charge in [-0.1, -0.05) is 28.1 Å². The van der Waals surface area contributed by atoms with Crippen molar-refractivity contribution >= 4 is 21.8 Å². The van der Waals surface area contributed by atoms with Crippen molar-refractivity contribution < 1.29 is 19.0 Å². The molecule has 0 aliphatic carbocycles. The molecule has 2 aromatic rings. The molecule has 1 amide bonds. The summed E-state index contributed by atoms with van der Waals surface area (Å²) in [5.41, 5.74) is 1.65. The number of nitrogens with one attached hydrogen (secondary N) is 1. The van der Waals surface area contributed by atoms with Gasteiger partial charge >= 0.3 is 0 Å². The number of carbonyl (C=O) groups excluding carboxylic acids is 1. The number of amides is 1. The highest BCUT2D eigenvalue weighted by molar-refractivity contribution is 9.10. The summed E-state index contributed by atoms with van der Waals surface area (Å²) in [5.74, 6) is 1.09. The second-order valence-corrected chi connectivity index (χ2v) is 6.84. The van der Waals surface area contributed by atoms with Gasteiger partial charge in [0.05, 0.1) is 26.9 Å². The van der Waals surface area contributed by atoms with E-state index in [1.54, 1.807) is 19.2 Å². The molecule has 6 heteroatoms. The molecule has 26 heavy (non-hydrogen) atoms. The molecule has 0 fully saturated rings. The third-order valence-corrected chi connectivity index (χ3v) is 4.63. The van der Waals surface area contributed by atoms with Crippen LogP contribution in [0.3, 0.4) is 0 Å². The van der Waals surface area contributed by atoms with Crippen molar-refractivity contribution in [3.05, 3.63) is 52.0 Å². The predicted molar refractivity (Wildman–Crippen MR) is 105 cm³/mol. The van der Waals surface area contributed by atoms with E-state index in [2.05, 4.69) is 33.4 Å². The smallest absolute Gasteiger partial charge is 0.255 e. The molecule has 0 radical (unpaired) electrons. The lowest BCUT2D eigenvalue weighted by molar-refractivity contribution is 0.0934. The maximum absolute atomic E-state index is 12.7. The van der Waals surface area contributed by atoms with Crippen molar-refractivity contribution in [3.63, 3.8) is 0 Å². The Labute approximate surface area is 162 Å². The number of halogens is 1. The summed E-state index contributed by atoms with van der Waals surface area (Å²) in [4.78, 5) is 12.7. The predicted octanol–water partition coefficient (Wildman–Crippen LogP) is 4.23. The van der Waals surface area contributed by atoms with Crippen LogP contribution in [0, 0.1) is 0 Å². The standard InChI is InChI=1S/C20H24BrNO4/c1-13(5-6-14-7-9-15(21)10-8-14)22-20(23)16-11-12-17(24-2)19(26-4)18(16)25-3/h7-13H,5-6H2,1-4H3,(H,22,23). The molecule has 2 rings (SSSR count). The molecule has 1 unspecified atom stereocenters. The Balaban J connectivity index is 2.05. The second kappa shape index (κ2) is 9.48. The zero-order valence-electron chi connectivity index (χ0n) is 15.5. The number of aryl methyl sites for hydroxylation is 1. The topological polar surface area (TPSA) is 56.8 Å². The lowest BCUT2D eigenvalue weighted by atomic mass is 10.1. The van der Waals surface area contributed by atoms with Crippen LogP contribution < -0.4 is 19.5 Å². The van der Waals surface area contributed by atoms with Gasteiger partial charge in [-0.3, -0.25) is 4.79 Å². The average molecular weight is 422 g/mol. The monoisotopic (exact) mass is 421 g/mol. The van der Waals surface area contributed by atoms with Gasteiger partial charge in [0.1, 0.15) is 0 Å². The summed E-state index contributed by atoms with van der Waals surface area (Å²) in [6.45, 7) is 1.99. The zero-order valence-corrected chi connectivity index (χ0v) is 17.1. The van der Waals surface area contributed by atoms with Gasteiger partial charge < -0.3 is 19.5 Å². The summed E-state index contributed by atoms with van der Waals surface area (Å²) in [7, 11) is 4.56. The van der Waals surface area contributed by atoms with Crippen molar-refractivity contribution in [2.24, 2.45) is 0 Å². The zero-order chi connectivity index (χ0) is 19.1. The molecule has 0 aliphatic heterocycles. The van der Waals surface area contributed by atoms with E-state index in [0.717, 1.165) is 17.3 Å². The van der Waals surface area contributed by atoms with Crippen molar-refractivity contribution in [3.8, 4) is 17.2 Å². The molecule has 0 spiro atoms. The van der Waals surface area contributed by atoms with Crippen molar-refractivity contribution in [1.82, 2.24) is 5.32 Å². The van der Waals surface area contributed by atoms with Crippen molar-refractivity contribution in [2.45, 2.75) is 25.8 Å². The Morgan fingerprint density at radius 1 is 1.00 bits per heavy atom. The van der Waals surface area contributed by atoms with Gasteiger partial charge in [0.2, 0.25) is 5.75 Å². The van der Waals surface area contributed by atoms with Gasteiger partial charge in [0, 0.05) is 10.5 Å². The number of carbonyl (C=O) groups is 1. The normalized spacial score (nSPS) is 11.6. The molecule has 0 aliphatic rings. The molecular formula is C20H24BrNO4. The Morgan fingerprint density at radius 2 is 1.65 bits per heavy atom. The van der Waals surface area contributed by atoms with E-state index in [-0.39, 0.29) is 11.9 Å². The van der Waals surface area contributed by atoms with Crippen LogP contribution in [0.1, 0.15) is 29.3 Å². The van der Waals surface area contributed by atoms with Gasteiger partial charge in [0.25, 0.3) is 5.91 Å². The largest absolute Gasteiger partial charge is 0.493 e. The van der Waals surface area contributed by atoms with Crippen molar-refractivity contribution in [2.75, 3.05) is 21.3 Å². The molecule has 0 aromatic heterocycles. The summed E-state index contributed by atoms with van der Waals surface area (Å²) in [6.07, 6.45) is 1.72. The van der Waals surface area contributed by atoms with E-state index < -0.39 is 0 Å². The van der Waals surface area contributed by atoms with E-state index in [4.69, 9.17) is 14.2 Å². The highest BCUT2D eigenvalue weighted by Crippen LogP contribution is 2.39. The number of ether oxygens (including phenoxy) is 3. The molecule has 0 saturated carbocycles. The van der Waals surface area contributed by atoms with Crippen LogP contribution in [0.15, 0.2) is 40.9 Å². The molecule has 140 valence electrons. The van der Waals surface area contributed by atoms with E-state index in [9.17, 15) is 4.79 Å². The van der Waals surface area contributed by atoms with Gasteiger partial charge in [-0.25, -0.2) is 0 Å². The van der Waals surface area contributed by atoms with Crippen LogP contribution in [0.5, 0.6) is 17.2 Å². The highest BCUT2D eigenvalue weighted by atomic mass is 79.9. The third-order valence-electron chi connectivity index (χ3n) is 4.11. The summed E-state index contributed by atoms with van der Waals surface area (Å²) >= 11 is 3.43. The number of hydrogen-bond acceptors (Lipinski definition) is 4. The maximum atomic E-state index is 12.7. The molecule has 5 nitrogen and oxygen atoms in total. The number of methoxy groups -OCH3 is 3. The Bertz CT molecular complexity index is 746. The fourth-order valence-corrected chi connectivity index (χ4v) is 2.95. The Kier molecular flexibility index (Phi) is 7.33. The fourth-order valence-electron chi connectivity index (χ4n) is 2.69. The SMILES string of the molecule is COc1ccc(C(=O)NC(C)CCc2ccc(Br)cc2)c(OC)c1OC. The van der Waals surface area contributed by atoms with Crippen LogP contribution in [-0.2, 0) is 6.42 Å². The van der Waals surface area contributed by atoms with Crippen molar-refractivity contribution in [1.29, 1.82) is 0 Å². The van der Waals surface area contributed by atoms with E-state index in [0.29, 0.717) is 22.8 Å². The minimum Gasteiger partial charge on any atom is -0.493 e. The first-order chi connectivity index (χ1) is 12.5. The Hall–Kier alpha value is -2.21. The lowest BCUT2D eigenvalue weighted by Gasteiger charge is -2.18. The second-order valence-electron chi connectivity index (χ2n) is 5.92. The quantitative estimate of drug-likeness (QED) is 0.692. The fraction of sp³-hybridized carbons (Fsp3) is 0.350. The van der Waals surface area contributed by atoms with Gasteiger partial charge in [-0.15, -0.1) is 0 Å². The van der Waals surface area contributed by atoms with Crippen LogP contribution in [-0.4, -0.2) is 33.3 Å². The first kappa shape index (κ1) is 20.1. The molecule has 1 atom stereocenters. The number of rotatable bonds is 8.